The fourth-order valence-corrected chi connectivity index (χ4v) is 5.46. The van der Waals surface area contributed by atoms with Crippen LogP contribution in [0.4, 0.5) is 17.1 Å². The third kappa shape index (κ3) is 8.04. The third-order valence-corrected chi connectivity index (χ3v) is 7.91. The van der Waals surface area contributed by atoms with E-state index in [4.69, 9.17) is 5.41 Å². The molecule has 222 valence electrons. The predicted molar refractivity (Wildman–Crippen MR) is 190 cm³/mol. The topological polar surface area (TPSA) is 42.4 Å². The summed E-state index contributed by atoms with van der Waals surface area (Å²) in [5, 5.41) is 11.4. The van der Waals surface area contributed by atoms with Crippen molar-refractivity contribution in [3.8, 4) is 0 Å². The molecule has 3 aromatic carbocycles. The van der Waals surface area contributed by atoms with E-state index in [-0.39, 0.29) is 0 Å². The van der Waals surface area contributed by atoms with Crippen molar-refractivity contribution >= 4 is 33.9 Å². The molecule has 43 heavy (non-hydrogen) atoms. The molecular formula is C39H46N4. The van der Waals surface area contributed by atoms with Crippen LogP contribution in [0.1, 0.15) is 51.3 Å². The van der Waals surface area contributed by atoms with Gasteiger partial charge in [0.05, 0.1) is 5.71 Å². The molecular weight excluding hydrogens is 524 g/mol. The van der Waals surface area contributed by atoms with Crippen molar-refractivity contribution in [2.24, 2.45) is 0 Å². The Balaban J connectivity index is 1.76. The SMILES string of the molecule is CCNc1ccc(C(=CC=CC(=C2C=CC(=N)C=C2)c2ccc(N(CC)CC)cc2)c2ccc(N(CC)CC)cc2)cc1. The van der Waals surface area contributed by atoms with Crippen LogP contribution in [0.5, 0.6) is 0 Å². The van der Waals surface area contributed by atoms with E-state index >= 15 is 0 Å². The number of benzene rings is 3. The predicted octanol–water partition coefficient (Wildman–Crippen LogP) is 9.40. The minimum atomic E-state index is 0.514. The van der Waals surface area contributed by atoms with Crippen LogP contribution in [-0.4, -0.2) is 38.4 Å². The Morgan fingerprint density at radius 1 is 0.628 bits per heavy atom. The average molecular weight is 571 g/mol. The van der Waals surface area contributed by atoms with Gasteiger partial charge >= 0.3 is 0 Å². The lowest BCUT2D eigenvalue weighted by Gasteiger charge is -2.21. The minimum Gasteiger partial charge on any atom is -0.385 e. The van der Waals surface area contributed by atoms with Gasteiger partial charge < -0.3 is 20.5 Å². The molecule has 0 spiro atoms. The Bertz CT molecular complexity index is 1470. The van der Waals surface area contributed by atoms with Crippen LogP contribution in [0.15, 0.2) is 121 Å². The molecule has 0 aromatic heterocycles. The van der Waals surface area contributed by atoms with E-state index in [9.17, 15) is 0 Å². The largest absolute Gasteiger partial charge is 0.385 e. The van der Waals surface area contributed by atoms with Gasteiger partial charge in [0.1, 0.15) is 0 Å². The van der Waals surface area contributed by atoms with Crippen molar-refractivity contribution in [1.82, 2.24) is 0 Å². The van der Waals surface area contributed by atoms with E-state index in [0.717, 1.165) is 55.1 Å². The summed E-state index contributed by atoms with van der Waals surface area (Å²) in [5.41, 5.74) is 11.0. The molecule has 0 unspecified atom stereocenters. The molecule has 4 heteroatoms. The molecule has 0 aliphatic heterocycles. The van der Waals surface area contributed by atoms with Gasteiger partial charge in [0.2, 0.25) is 0 Å². The highest BCUT2D eigenvalue weighted by Crippen LogP contribution is 2.29. The molecule has 0 amide bonds. The lowest BCUT2D eigenvalue weighted by atomic mass is 9.94. The van der Waals surface area contributed by atoms with E-state index in [1.165, 1.54) is 28.1 Å². The quantitative estimate of drug-likeness (QED) is 0.201. The number of rotatable bonds is 13. The zero-order chi connectivity index (χ0) is 30.6. The summed E-state index contributed by atoms with van der Waals surface area (Å²) < 4.78 is 0. The van der Waals surface area contributed by atoms with Crippen LogP contribution < -0.4 is 15.1 Å². The number of nitrogens with one attached hydrogen (secondary N) is 2. The van der Waals surface area contributed by atoms with Gasteiger partial charge in [-0.3, -0.25) is 0 Å². The maximum Gasteiger partial charge on any atom is 0.0540 e. The van der Waals surface area contributed by atoms with E-state index in [2.05, 4.69) is 141 Å². The molecule has 3 aromatic rings. The number of anilines is 3. The van der Waals surface area contributed by atoms with Crippen molar-refractivity contribution in [3.63, 3.8) is 0 Å². The van der Waals surface area contributed by atoms with Gasteiger partial charge in [-0.2, -0.15) is 0 Å². The third-order valence-electron chi connectivity index (χ3n) is 7.91. The number of hydrogen-bond donors (Lipinski definition) is 2. The lowest BCUT2D eigenvalue weighted by Crippen LogP contribution is -2.21. The van der Waals surface area contributed by atoms with Gasteiger partial charge in [-0.25, -0.2) is 0 Å². The molecule has 0 saturated heterocycles. The Labute approximate surface area is 259 Å². The van der Waals surface area contributed by atoms with Gasteiger partial charge in [-0.1, -0.05) is 66.8 Å². The molecule has 1 aliphatic carbocycles. The van der Waals surface area contributed by atoms with Crippen molar-refractivity contribution in [3.05, 3.63) is 138 Å². The first kappa shape index (κ1) is 31.4. The molecule has 0 saturated carbocycles. The van der Waals surface area contributed by atoms with Crippen LogP contribution in [0, 0.1) is 5.41 Å². The first-order chi connectivity index (χ1) is 21.0. The van der Waals surface area contributed by atoms with Gasteiger partial charge in [-0.15, -0.1) is 0 Å². The normalized spacial score (nSPS) is 13.1. The van der Waals surface area contributed by atoms with Gasteiger partial charge in [0, 0.05) is 49.8 Å². The van der Waals surface area contributed by atoms with Crippen LogP contribution >= 0.6 is 0 Å². The van der Waals surface area contributed by atoms with E-state index < -0.39 is 0 Å². The Morgan fingerprint density at radius 3 is 1.56 bits per heavy atom. The zero-order valence-electron chi connectivity index (χ0n) is 26.4. The number of nitrogens with zero attached hydrogens (tertiary/aromatic N) is 2. The summed E-state index contributed by atoms with van der Waals surface area (Å²) in [6, 6.07) is 26.4. The minimum absolute atomic E-state index is 0.514. The van der Waals surface area contributed by atoms with Gasteiger partial charge in [0.25, 0.3) is 0 Å². The fraction of sp³-hybridized carbons (Fsp3) is 0.256. The molecule has 0 atom stereocenters. The molecule has 1 aliphatic rings. The molecule has 0 heterocycles. The first-order valence-corrected chi connectivity index (χ1v) is 15.6. The van der Waals surface area contributed by atoms with Gasteiger partial charge in [0.15, 0.2) is 0 Å². The fourth-order valence-electron chi connectivity index (χ4n) is 5.46. The number of hydrogen-bond acceptors (Lipinski definition) is 4. The highest BCUT2D eigenvalue weighted by molar-refractivity contribution is 6.04. The second kappa shape index (κ2) is 15.6. The monoisotopic (exact) mass is 570 g/mol. The Kier molecular flexibility index (Phi) is 11.4. The summed E-state index contributed by atoms with van der Waals surface area (Å²) in [4.78, 5) is 4.73. The average Bonchev–Trinajstić information content (AvgIpc) is 3.05. The molecule has 2 N–H and O–H groups in total. The zero-order valence-corrected chi connectivity index (χ0v) is 26.4. The summed E-state index contributed by atoms with van der Waals surface area (Å²) in [5.74, 6) is 0. The van der Waals surface area contributed by atoms with Crippen molar-refractivity contribution in [2.75, 3.05) is 47.8 Å². The van der Waals surface area contributed by atoms with Crippen molar-refractivity contribution in [1.29, 1.82) is 5.41 Å². The molecule has 0 bridgehead atoms. The van der Waals surface area contributed by atoms with Crippen LogP contribution in [0.25, 0.3) is 11.1 Å². The highest BCUT2D eigenvalue weighted by Gasteiger charge is 2.10. The van der Waals surface area contributed by atoms with E-state index in [1.54, 1.807) is 0 Å². The second-order valence-corrected chi connectivity index (χ2v) is 10.5. The maximum atomic E-state index is 8.00. The Hall–Kier alpha value is -4.57. The van der Waals surface area contributed by atoms with E-state index in [1.807, 2.05) is 24.3 Å². The van der Waals surface area contributed by atoms with E-state index in [0.29, 0.717) is 5.71 Å². The summed E-state index contributed by atoms with van der Waals surface area (Å²) in [7, 11) is 0. The van der Waals surface area contributed by atoms with Crippen LogP contribution in [0.3, 0.4) is 0 Å². The second-order valence-electron chi connectivity index (χ2n) is 10.5. The smallest absolute Gasteiger partial charge is 0.0540 e. The van der Waals surface area contributed by atoms with Crippen LogP contribution in [0.2, 0.25) is 0 Å². The van der Waals surface area contributed by atoms with Crippen molar-refractivity contribution < 1.29 is 0 Å². The standard InChI is InChI=1S/C39H46N4/c1-6-41-35-24-16-31(17-25-35)39(33-20-28-37(29-21-33)43(9-4)10-5)13-11-12-38(30-14-22-34(40)23-15-30)32-18-26-36(27-19-32)42(7-2)8-3/h11-29,40-41H,6-10H2,1-5H3. The molecule has 0 radical (unpaired) electrons. The highest BCUT2D eigenvalue weighted by atomic mass is 15.1. The molecule has 4 nitrogen and oxygen atoms in total. The van der Waals surface area contributed by atoms with Crippen LogP contribution in [-0.2, 0) is 0 Å². The Morgan fingerprint density at radius 2 is 1.09 bits per heavy atom. The van der Waals surface area contributed by atoms with Crippen molar-refractivity contribution in [2.45, 2.75) is 34.6 Å². The summed E-state index contributed by atoms with van der Waals surface area (Å²) in [6.45, 7) is 15.7. The summed E-state index contributed by atoms with van der Waals surface area (Å²) in [6.07, 6.45) is 14.4. The maximum absolute atomic E-state index is 8.00. The molecule has 4 rings (SSSR count). The number of allylic oxidation sites excluding steroid dienone is 9. The summed E-state index contributed by atoms with van der Waals surface area (Å²) >= 11 is 0. The molecule has 0 fully saturated rings. The first-order valence-electron chi connectivity index (χ1n) is 15.6. The van der Waals surface area contributed by atoms with Gasteiger partial charge in [-0.05, 0) is 117 Å². The lowest BCUT2D eigenvalue weighted by molar-refractivity contribution is 0.866.